The summed E-state index contributed by atoms with van der Waals surface area (Å²) >= 11 is 0. The summed E-state index contributed by atoms with van der Waals surface area (Å²) in [6.07, 6.45) is 0.506. The number of ether oxygens (including phenoxy) is 4. The van der Waals surface area contributed by atoms with Crippen molar-refractivity contribution in [1.29, 1.82) is 0 Å². The molecule has 5 rings (SSSR count). The molecule has 7 heteroatoms. The molecule has 164 valence electrons. The fourth-order valence-corrected chi connectivity index (χ4v) is 5.68. The number of aliphatic hydroxyl groups excluding tert-OH is 1. The summed E-state index contributed by atoms with van der Waals surface area (Å²) in [7, 11) is 6.45. The minimum absolute atomic E-state index is 0.0614. The van der Waals surface area contributed by atoms with Crippen molar-refractivity contribution in [3.63, 3.8) is 0 Å². The van der Waals surface area contributed by atoms with Crippen LogP contribution in [0.2, 0.25) is 0 Å². The predicted molar refractivity (Wildman–Crippen MR) is 114 cm³/mol. The highest BCUT2D eigenvalue weighted by molar-refractivity contribution is 5.83. The highest BCUT2D eigenvalue weighted by atomic mass is 16.5. The quantitative estimate of drug-likeness (QED) is 0.812. The van der Waals surface area contributed by atoms with Crippen LogP contribution in [0.25, 0.3) is 11.1 Å². The van der Waals surface area contributed by atoms with Gasteiger partial charge in [0.05, 0.1) is 40.6 Å². The predicted octanol–water partition coefficient (Wildman–Crippen LogP) is 2.93. The first kappa shape index (κ1) is 20.0. The molecular weight excluding hydrogens is 398 g/mol. The number of carbonyl (C=O) groups excluding carboxylic acids is 1. The van der Waals surface area contributed by atoms with E-state index in [1.165, 1.54) is 0 Å². The van der Waals surface area contributed by atoms with E-state index in [-0.39, 0.29) is 23.8 Å². The third-order valence-electron chi connectivity index (χ3n) is 7.12. The van der Waals surface area contributed by atoms with Crippen molar-refractivity contribution < 1.29 is 28.8 Å². The monoisotopic (exact) mass is 425 g/mol. The first-order valence-electron chi connectivity index (χ1n) is 10.5. The number of hydrogen-bond acceptors (Lipinski definition) is 6. The van der Waals surface area contributed by atoms with E-state index in [2.05, 4.69) is 0 Å². The summed E-state index contributed by atoms with van der Waals surface area (Å²) in [6, 6.07) is 7.74. The number of benzene rings is 2. The van der Waals surface area contributed by atoms with Gasteiger partial charge < -0.3 is 29.0 Å². The second-order valence-corrected chi connectivity index (χ2v) is 8.36. The molecule has 0 radical (unpaired) electrons. The molecule has 2 aromatic rings. The topological polar surface area (TPSA) is 77.5 Å². The van der Waals surface area contributed by atoms with E-state index in [9.17, 15) is 9.90 Å². The van der Waals surface area contributed by atoms with Crippen LogP contribution in [0.5, 0.6) is 23.0 Å². The van der Waals surface area contributed by atoms with Crippen molar-refractivity contribution in [2.24, 2.45) is 0 Å². The second-order valence-electron chi connectivity index (χ2n) is 8.36. The number of aliphatic hydroxyl groups is 1. The van der Waals surface area contributed by atoms with E-state index in [1.807, 2.05) is 29.2 Å². The van der Waals surface area contributed by atoms with Gasteiger partial charge in [-0.25, -0.2) is 0 Å². The van der Waals surface area contributed by atoms with E-state index < -0.39 is 6.10 Å². The number of nitrogens with zero attached hydrogens (tertiary/aromatic N) is 1. The summed E-state index contributed by atoms with van der Waals surface area (Å²) in [6.45, 7) is 0.571. The highest BCUT2D eigenvalue weighted by Crippen LogP contribution is 2.56. The van der Waals surface area contributed by atoms with E-state index in [1.54, 1.807) is 28.4 Å². The van der Waals surface area contributed by atoms with Gasteiger partial charge >= 0.3 is 0 Å². The largest absolute Gasteiger partial charge is 0.493 e. The van der Waals surface area contributed by atoms with Crippen LogP contribution in [0.15, 0.2) is 24.3 Å². The van der Waals surface area contributed by atoms with Crippen LogP contribution in [0.1, 0.15) is 35.8 Å². The van der Waals surface area contributed by atoms with Gasteiger partial charge in [0.2, 0.25) is 5.91 Å². The Hall–Kier alpha value is -2.93. The number of piperidine rings is 1. The molecule has 0 unspecified atom stereocenters. The molecule has 2 aliphatic heterocycles. The zero-order valence-electron chi connectivity index (χ0n) is 18.2. The molecule has 2 heterocycles. The second kappa shape index (κ2) is 7.34. The van der Waals surface area contributed by atoms with Crippen LogP contribution in [-0.4, -0.2) is 63.0 Å². The van der Waals surface area contributed by atoms with Crippen molar-refractivity contribution in [2.75, 3.05) is 35.0 Å². The zero-order chi connectivity index (χ0) is 21.9. The van der Waals surface area contributed by atoms with Crippen molar-refractivity contribution in [3.05, 3.63) is 35.4 Å². The molecule has 0 saturated carbocycles. The lowest BCUT2D eigenvalue weighted by molar-refractivity contribution is -0.133. The SMILES string of the molecule is COc1cc2c(cc1OC)[C@@H]1[C@@H](O)[C@@H]3CCC(=O)N3C[C@@H]1c1cc(OC)c(OC)cc1-2. The molecule has 0 aromatic heterocycles. The van der Waals surface area contributed by atoms with Crippen LogP contribution in [0.3, 0.4) is 0 Å². The van der Waals surface area contributed by atoms with Gasteiger partial charge in [0.15, 0.2) is 23.0 Å². The Morgan fingerprint density at radius 3 is 1.94 bits per heavy atom. The third kappa shape index (κ3) is 2.79. The summed E-state index contributed by atoms with van der Waals surface area (Å²) < 4.78 is 22.3. The van der Waals surface area contributed by atoms with Gasteiger partial charge in [0, 0.05) is 24.8 Å². The molecule has 31 heavy (non-hydrogen) atoms. The lowest BCUT2D eigenvalue weighted by Gasteiger charge is -2.48. The first-order valence-corrected chi connectivity index (χ1v) is 10.5. The summed E-state index contributed by atoms with van der Waals surface area (Å²) in [5.41, 5.74) is 4.02. The third-order valence-corrected chi connectivity index (χ3v) is 7.12. The molecule has 2 fully saturated rings. The minimum atomic E-state index is -0.664. The Bertz CT molecular complexity index is 1050. The van der Waals surface area contributed by atoms with Gasteiger partial charge in [-0.05, 0) is 52.9 Å². The Balaban J connectivity index is 1.77. The lowest BCUT2D eigenvalue weighted by atomic mass is 9.65. The van der Waals surface area contributed by atoms with E-state index in [4.69, 9.17) is 18.9 Å². The van der Waals surface area contributed by atoms with Crippen LogP contribution >= 0.6 is 0 Å². The number of rotatable bonds is 4. The average Bonchev–Trinajstić information content (AvgIpc) is 3.18. The Kier molecular flexibility index (Phi) is 4.73. The maximum Gasteiger partial charge on any atom is 0.223 e. The molecule has 1 N–H and O–H groups in total. The highest BCUT2D eigenvalue weighted by Gasteiger charge is 2.51. The van der Waals surface area contributed by atoms with Crippen LogP contribution in [-0.2, 0) is 4.79 Å². The molecule has 1 aliphatic carbocycles. The van der Waals surface area contributed by atoms with Gasteiger partial charge in [-0.3, -0.25) is 4.79 Å². The number of carbonyl (C=O) groups is 1. The van der Waals surface area contributed by atoms with Gasteiger partial charge in [-0.2, -0.15) is 0 Å². The molecule has 1 amide bonds. The minimum Gasteiger partial charge on any atom is -0.493 e. The fraction of sp³-hybridized carbons (Fsp3) is 0.458. The van der Waals surface area contributed by atoms with Crippen molar-refractivity contribution in [1.82, 2.24) is 4.90 Å². The van der Waals surface area contributed by atoms with Crippen molar-refractivity contribution in [2.45, 2.75) is 36.8 Å². The summed E-state index contributed by atoms with van der Waals surface area (Å²) in [5.74, 6) is 2.41. The number of amides is 1. The molecule has 7 nitrogen and oxygen atoms in total. The summed E-state index contributed by atoms with van der Waals surface area (Å²) in [5, 5.41) is 11.5. The molecule has 4 atom stereocenters. The Morgan fingerprint density at radius 2 is 1.35 bits per heavy atom. The summed E-state index contributed by atoms with van der Waals surface area (Å²) in [4.78, 5) is 14.4. The maximum atomic E-state index is 12.5. The maximum absolute atomic E-state index is 12.5. The molecular formula is C24H27NO6. The standard InChI is InChI=1S/C24H27NO6/c1-28-18-7-12-13-8-19(29-2)21(31-4)10-15(13)23-16(14(12)9-20(18)30-3)11-25-17(24(23)27)5-6-22(25)26/h7-10,16-17,23-24,27H,5-6,11H2,1-4H3/t16-,17+,23+,24+/m1/s1. The average molecular weight is 425 g/mol. The Morgan fingerprint density at radius 1 is 0.839 bits per heavy atom. The van der Waals surface area contributed by atoms with Crippen LogP contribution in [0, 0.1) is 0 Å². The van der Waals surface area contributed by atoms with E-state index in [0.29, 0.717) is 42.4 Å². The van der Waals surface area contributed by atoms with E-state index >= 15 is 0 Å². The van der Waals surface area contributed by atoms with Gasteiger partial charge in [0.25, 0.3) is 0 Å². The van der Waals surface area contributed by atoms with Gasteiger partial charge in [0.1, 0.15) is 0 Å². The normalized spacial score (nSPS) is 25.8. The number of methoxy groups -OCH3 is 4. The molecule has 0 spiro atoms. The molecule has 0 bridgehead atoms. The van der Waals surface area contributed by atoms with Gasteiger partial charge in [-0.15, -0.1) is 0 Å². The van der Waals surface area contributed by atoms with Crippen LogP contribution in [0.4, 0.5) is 0 Å². The van der Waals surface area contributed by atoms with Crippen LogP contribution < -0.4 is 18.9 Å². The fourth-order valence-electron chi connectivity index (χ4n) is 5.68. The van der Waals surface area contributed by atoms with E-state index in [0.717, 1.165) is 22.3 Å². The molecule has 3 aliphatic rings. The first-order chi connectivity index (χ1) is 15.0. The molecule has 2 aromatic carbocycles. The van der Waals surface area contributed by atoms with Gasteiger partial charge in [-0.1, -0.05) is 0 Å². The lowest BCUT2D eigenvalue weighted by Crippen LogP contribution is -2.53. The van der Waals surface area contributed by atoms with Crippen molar-refractivity contribution >= 4 is 5.91 Å². The number of fused-ring (bicyclic) bond motifs is 7. The number of hydrogen-bond donors (Lipinski definition) is 1. The van der Waals surface area contributed by atoms with Crippen molar-refractivity contribution in [3.8, 4) is 34.1 Å². The Labute approximate surface area is 181 Å². The zero-order valence-corrected chi connectivity index (χ0v) is 18.2. The smallest absolute Gasteiger partial charge is 0.223 e. The molecule has 2 saturated heterocycles.